The number of H-pyrrole nitrogens is 1. The first-order valence-corrected chi connectivity index (χ1v) is 15.2. The van der Waals surface area contributed by atoms with Crippen molar-refractivity contribution in [3.63, 3.8) is 0 Å². The number of hydrogen-bond donors (Lipinski definition) is 5. The average molecular weight is 644 g/mol. The van der Waals surface area contributed by atoms with Crippen molar-refractivity contribution in [2.45, 2.75) is 34.1 Å². The third kappa shape index (κ3) is 9.25. The number of amides is 3. The number of esters is 1. The summed E-state index contributed by atoms with van der Waals surface area (Å²) in [5.41, 5.74) is 8.83. The smallest absolute Gasteiger partial charge is 0.424 e. The summed E-state index contributed by atoms with van der Waals surface area (Å²) >= 11 is 0. The largest absolute Gasteiger partial charge is 0.524 e. The van der Waals surface area contributed by atoms with E-state index >= 15 is 0 Å². The molecule has 0 spiro atoms. The number of aryl methyl sites for hydroxylation is 1. The number of carbonyl (C=O) groups is 4. The van der Waals surface area contributed by atoms with Crippen LogP contribution in [0.3, 0.4) is 0 Å². The second-order valence-corrected chi connectivity index (χ2v) is 10.7. The molecule has 0 bridgehead atoms. The fraction of sp³-hybridized carbons (Fsp3) is 0.276. The average Bonchev–Trinajstić information content (AvgIpc) is 3.37. The zero-order chi connectivity index (χ0) is 33.3. The maximum absolute atomic E-state index is 13.4. The van der Waals surface area contributed by atoms with Crippen LogP contribution in [0.25, 0.3) is 0 Å². The van der Waals surface area contributed by atoms with Gasteiger partial charge in [-0.25, -0.2) is 24.0 Å². The lowest BCUT2D eigenvalue weighted by Gasteiger charge is -2.19. The Morgan fingerprint density at radius 1 is 1.02 bits per heavy atom. The molecule has 3 amide bonds. The standard InChI is InChI=1S/C29H34N5O10P/c1-5-13-34(29(38)43-16-42-28(37)19-9-11-21(12-10-19)44-45(39,40)41)27(36)22-15-32-24(18(22)4)25(30)33-23-14-20(8-7-17(23)3)26(35)31-6-2/h7-12,14-15,32H,5-6,13,16H2,1-4H3,(H2,30,33)(H,31,35)(H2,39,40,41). The molecule has 2 aromatic carbocycles. The van der Waals surface area contributed by atoms with Crippen molar-refractivity contribution in [3.05, 3.63) is 82.2 Å². The highest BCUT2D eigenvalue weighted by atomic mass is 31.2. The van der Waals surface area contributed by atoms with Crippen LogP contribution in [0.5, 0.6) is 5.75 Å². The molecule has 0 radical (unpaired) electrons. The van der Waals surface area contributed by atoms with Crippen LogP contribution in [0.1, 0.15) is 68.2 Å². The summed E-state index contributed by atoms with van der Waals surface area (Å²) in [7, 11) is -4.76. The van der Waals surface area contributed by atoms with Crippen LogP contribution < -0.4 is 15.6 Å². The van der Waals surface area contributed by atoms with Crippen molar-refractivity contribution in [1.29, 1.82) is 0 Å². The molecule has 16 heteroatoms. The summed E-state index contributed by atoms with van der Waals surface area (Å²) in [6, 6.07) is 9.74. The van der Waals surface area contributed by atoms with Gasteiger partial charge in [-0.1, -0.05) is 13.0 Å². The van der Waals surface area contributed by atoms with E-state index in [9.17, 15) is 23.7 Å². The van der Waals surface area contributed by atoms with E-state index < -0.39 is 32.6 Å². The van der Waals surface area contributed by atoms with E-state index in [1.54, 1.807) is 32.0 Å². The third-order valence-corrected chi connectivity index (χ3v) is 6.72. The number of phosphoric ester groups is 1. The molecule has 0 aliphatic carbocycles. The highest BCUT2D eigenvalue weighted by molar-refractivity contribution is 7.46. The summed E-state index contributed by atoms with van der Waals surface area (Å²) in [6.45, 7) is 6.68. The Bertz CT molecular complexity index is 1650. The van der Waals surface area contributed by atoms with Crippen molar-refractivity contribution in [2.75, 3.05) is 19.9 Å². The predicted molar refractivity (Wildman–Crippen MR) is 162 cm³/mol. The molecule has 6 N–H and O–H groups in total. The number of aromatic amines is 1. The summed E-state index contributed by atoms with van der Waals surface area (Å²) in [5.74, 6) is -1.95. The Hall–Kier alpha value is -4.98. The van der Waals surface area contributed by atoms with Gasteiger partial charge in [-0.3, -0.25) is 19.4 Å². The van der Waals surface area contributed by atoms with Crippen molar-refractivity contribution in [3.8, 4) is 5.75 Å². The Morgan fingerprint density at radius 2 is 1.69 bits per heavy atom. The van der Waals surface area contributed by atoms with Crippen LogP contribution in [-0.4, -0.2) is 69.3 Å². The Kier molecular flexibility index (Phi) is 11.6. The molecule has 0 aliphatic rings. The predicted octanol–water partition coefficient (Wildman–Crippen LogP) is 3.69. The van der Waals surface area contributed by atoms with Gasteiger partial charge in [0.2, 0.25) is 6.79 Å². The van der Waals surface area contributed by atoms with E-state index in [4.69, 9.17) is 25.0 Å². The summed E-state index contributed by atoms with van der Waals surface area (Å²) in [6.07, 6.45) is 0.746. The van der Waals surface area contributed by atoms with Gasteiger partial charge in [0.1, 0.15) is 11.6 Å². The Morgan fingerprint density at radius 3 is 2.31 bits per heavy atom. The maximum atomic E-state index is 13.4. The maximum Gasteiger partial charge on any atom is 0.524 e. The van der Waals surface area contributed by atoms with Gasteiger partial charge in [-0.2, -0.15) is 0 Å². The van der Waals surface area contributed by atoms with Crippen LogP contribution in [0.4, 0.5) is 10.5 Å². The Labute approximate surface area is 258 Å². The number of imide groups is 1. The lowest BCUT2D eigenvalue weighted by atomic mass is 10.1. The van der Waals surface area contributed by atoms with E-state index in [1.165, 1.54) is 18.3 Å². The third-order valence-electron chi connectivity index (χ3n) is 6.28. The minimum atomic E-state index is -4.76. The zero-order valence-corrected chi connectivity index (χ0v) is 25.9. The molecule has 1 aromatic heterocycles. The molecule has 1 heterocycles. The van der Waals surface area contributed by atoms with Gasteiger partial charge >= 0.3 is 19.9 Å². The molecule has 0 atom stereocenters. The number of nitrogens with two attached hydrogens (primary N) is 1. The molecular formula is C29H34N5O10P. The lowest BCUT2D eigenvalue weighted by Crippen LogP contribution is -2.38. The number of hydrogen-bond acceptors (Lipinski definition) is 9. The second-order valence-electron chi connectivity index (χ2n) is 9.58. The number of ether oxygens (including phenoxy) is 2. The van der Waals surface area contributed by atoms with E-state index in [-0.39, 0.29) is 35.2 Å². The second kappa shape index (κ2) is 15.1. The SMILES string of the molecule is CCCN(C(=O)OCOC(=O)c1ccc(OP(=O)(O)O)cc1)C(=O)c1c[nH]c(C(N)=Nc2cc(C(=O)NCC)ccc2C)c1C. The number of phosphoric acid groups is 1. The van der Waals surface area contributed by atoms with Gasteiger partial charge in [-0.15, -0.1) is 0 Å². The minimum Gasteiger partial charge on any atom is -0.424 e. The first kappa shape index (κ1) is 34.5. The number of carbonyl (C=O) groups excluding carboxylic acids is 4. The van der Waals surface area contributed by atoms with Crippen LogP contribution in [0, 0.1) is 13.8 Å². The monoisotopic (exact) mass is 643 g/mol. The van der Waals surface area contributed by atoms with E-state index in [0.29, 0.717) is 35.5 Å². The number of aromatic nitrogens is 1. The number of rotatable bonds is 12. The van der Waals surface area contributed by atoms with Gasteiger partial charge in [0, 0.05) is 24.8 Å². The molecule has 0 saturated heterocycles. The summed E-state index contributed by atoms with van der Waals surface area (Å²) in [5, 5.41) is 2.73. The summed E-state index contributed by atoms with van der Waals surface area (Å²) < 4.78 is 25.3. The number of nitrogens with one attached hydrogen (secondary N) is 2. The fourth-order valence-corrected chi connectivity index (χ4v) is 4.43. The molecule has 45 heavy (non-hydrogen) atoms. The van der Waals surface area contributed by atoms with Crippen molar-refractivity contribution < 1.29 is 47.5 Å². The molecule has 0 fully saturated rings. The molecule has 240 valence electrons. The summed E-state index contributed by atoms with van der Waals surface area (Å²) in [4.78, 5) is 76.7. The normalized spacial score (nSPS) is 11.5. The van der Waals surface area contributed by atoms with Crippen LogP contribution in [0.2, 0.25) is 0 Å². The van der Waals surface area contributed by atoms with Crippen molar-refractivity contribution in [1.82, 2.24) is 15.2 Å². The van der Waals surface area contributed by atoms with Crippen LogP contribution in [-0.2, 0) is 14.0 Å². The molecule has 15 nitrogen and oxygen atoms in total. The molecule has 0 unspecified atom stereocenters. The molecule has 3 aromatic rings. The Balaban J connectivity index is 1.69. The number of nitrogens with zero attached hydrogens (tertiary/aromatic N) is 2. The van der Waals surface area contributed by atoms with E-state index in [1.807, 2.05) is 13.8 Å². The van der Waals surface area contributed by atoms with E-state index in [2.05, 4.69) is 19.8 Å². The van der Waals surface area contributed by atoms with Gasteiger partial charge in [0.25, 0.3) is 11.8 Å². The van der Waals surface area contributed by atoms with Crippen molar-refractivity contribution in [2.24, 2.45) is 10.7 Å². The minimum absolute atomic E-state index is 0.00197. The molecule has 0 aliphatic heterocycles. The highest BCUT2D eigenvalue weighted by Crippen LogP contribution is 2.37. The molecule has 3 rings (SSSR count). The van der Waals surface area contributed by atoms with Gasteiger partial charge in [-0.05, 0) is 74.7 Å². The molecular weight excluding hydrogens is 609 g/mol. The quantitative estimate of drug-likeness (QED) is 0.0629. The first-order valence-electron chi connectivity index (χ1n) is 13.7. The number of amidine groups is 1. The first-order chi connectivity index (χ1) is 21.2. The topological polar surface area (TPSA) is 223 Å². The molecule has 0 saturated carbocycles. The van der Waals surface area contributed by atoms with Gasteiger partial charge < -0.3 is 30.0 Å². The number of benzene rings is 2. The van der Waals surface area contributed by atoms with Crippen molar-refractivity contribution >= 4 is 43.2 Å². The fourth-order valence-electron chi connectivity index (χ4n) is 4.03. The van der Waals surface area contributed by atoms with Gasteiger partial charge in [0.15, 0.2) is 0 Å². The number of aliphatic imine (C=N–C) groups is 1. The van der Waals surface area contributed by atoms with Gasteiger partial charge in [0.05, 0.1) is 22.5 Å². The lowest BCUT2D eigenvalue weighted by molar-refractivity contribution is -0.0105. The van der Waals surface area contributed by atoms with Crippen LogP contribution >= 0.6 is 7.82 Å². The highest BCUT2D eigenvalue weighted by Gasteiger charge is 2.27. The van der Waals surface area contributed by atoms with E-state index in [0.717, 1.165) is 22.6 Å². The zero-order valence-electron chi connectivity index (χ0n) is 25.0. The van der Waals surface area contributed by atoms with Crippen LogP contribution in [0.15, 0.2) is 53.7 Å².